The van der Waals surface area contributed by atoms with Crippen molar-refractivity contribution in [2.24, 2.45) is 11.8 Å². The van der Waals surface area contributed by atoms with Crippen LogP contribution in [0.5, 0.6) is 0 Å². The molecule has 3 N–H and O–H groups in total. The molecule has 250 valence electrons. The van der Waals surface area contributed by atoms with Crippen molar-refractivity contribution >= 4 is 53.0 Å². The first-order valence-corrected chi connectivity index (χ1v) is 18.1. The van der Waals surface area contributed by atoms with Crippen molar-refractivity contribution in [1.29, 1.82) is 0 Å². The molecule has 3 unspecified atom stereocenters. The molecular formula is C32H59N3O6S2. The number of amides is 3. The Hall–Kier alpha value is -1.75. The van der Waals surface area contributed by atoms with E-state index >= 15 is 0 Å². The molecule has 0 saturated carbocycles. The number of carboxylic acid groups (broad SMARTS) is 1. The summed E-state index contributed by atoms with van der Waals surface area (Å²) in [5.74, 6) is 0.578. The molecule has 0 aromatic rings. The van der Waals surface area contributed by atoms with Crippen LogP contribution in [0.3, 0.4) is 0 Å². The van der Waals surface area contributed by atoms with Crippen molar-refractivity contribution in [2.75, 3.05) is 37.9 Å². The van der Waals surface area contributed by atoms with Crippen molar-refractivity contribution in [3.8, 4) is 0 Å². The average molecular weight is 646 g/mol. The first-order chi connectivity index (χ1) is 20.2. The Morgan fingerprint density at radius 2 is 1.42 bits per heavy atom. The Morgan fingerprint density at radius 3 is 1.95 bits per heavy atom. The highest BCUT2D eigenvalue weighted by atomic mass is 32.2. The maximum absolute atomic E-state index is 13.0. The van der Waals surface area contributed by atoms with Crippen LogP contribution in [0.15, 0.2) is 0 Å². The summed E-state index contributed by atoms with van der Waals surface area (Å²) in [6.45, 7) is 9.59. The first kappa shape index (κ1) is 41.2. The predicted molar refractivity (Wildman–Crippen MR) is 180 cm³/mol. The number of carbonyl (C=O) groups is 5. The first-order valence-electron chi connectivity index (χ1n) is 15.9. The topological polar surface area (TPSA) is 133 Å². The van der Waals surface area contributed by atoms with E-state index in [0.29, 0.717) is 31.6 Å². The molecule has 0 aliphatic heterocycles. The summed E-state index contributed by atoms with van der Waals surface area (Å²) in [5.41, 5.74) is 0. The van der Waals surface area contributed by atoms with Gasteiger partial charge in [0.2, 0.25) is 17.7 Å². The average Bonchev–Trinajstić information content (AvgIpc) is 2.91. The van der Waals surface area contributed by atoms with E-state index in [4.69, 9.17) is 5.11 Å². The monoisotopic (exact) mass is 645 g/mol. The summed E-state index contributed by atoms with van der Waals surface area (Å²) in [6, 6.07) is 0.0108. The second kappa shape index (κ2) is 23.6. The van der Waals surface area contributed by atoms with Gasteiger partial charge in [-0.15, -0.1) is 11.8 Å². The number of hydrogen-bond acceptors (Lipinski definition) is 7. The highest BCUT2D eigenvalue weighted by molar-refractivity contribution is 8.01. The summed E-state index contributed by atoms with van der Waals surface area (Å²) < 4.78 is -0.832. The van der Waals surface area contributed by atoms with Gasteiger partial charge in [-0.3, -0.25) is 24.0 Å². The maximum Gasteiger partial charge on any atom is 0.303 e. The number of ketones is 1. The number of thioether (sulfide) groups is 2. The maximum atomic E-state index is 13.0. The molecule has 0 aliphatic rings. The lowest BCUT2D eigenvalue weighted by atomic mass is 9.85. The lowest BCUT2D eigenvalue weighted by molar-refractivity contribution is -0.137. The van der Waals surface area contributed by atoms with Gasteiger partial charge < -0.3 is 20.6 Å². The summed E-state index contributed by atoms with van der Waals surface area (Å²) in [5, 5.41) is 14.5. The molecule has 0 radical (unpaired) electrons. The van der Waals surface area contributed by atoms with E-state index in [1.165, 1.54) is 49.3 Å². The molecular weight excluding hydrogens is 587 g/mol. The lowest BCUT2D eigenvalue weighted by Crippen LogP contribution is -2.41. The molecule has 9 nitrogen and oxygen atoms in total. The van der Waals surface area contributed by atoms with Crippen molar-refractivity contribution < 1.29 is 29.1 Å². The minimum atomic E-state index is -0.832. The van der Waals surface area contributed by atoms with Crippen LogP contribution in [0.1, 0.15) is 112 Å². The van der Waals surface area contributed by atoms with Crippen LogP contribution in [0.25, 0.3) is 0 Å². The van der Waals surface area contributed by atoms with Crippen LogP contribution in [-0.4, -0.2) is 88.2 Å². The van der Waals surface area contributed by atoms with E-state index in [9.17, 15) is 24.0 Å². The van der Waals surface area contributed by atoms with Gasteiger partial charge in [-0.2, -0.15) is 11.8 Å². The molecule has 0 aliphatic carbocycles. The third-order valence-electron chi connectivity index (χ3n) is 7.43. The van der Waals surface area contributed by atoms with Crippen LogP contribution in [-0.2, 0) is 24.0 Å². The number of unbranched alkanes of at least 4 members (excludes halogenated alkanes) is 7. The second-order valence-electron chi connectivity index (χ2n) is 12.3. The smallest absolute Gasteiger partial charge is 0.303 e. The fourth-order valence-electron chi connectivity index (χ4n) is 4.73. The number of hydrogen-bond donors (Lipinski definition) is 3. The molecule has 0 aromatic heterocycles. The minimum Gasteiger partial charge on any atom is -0.481 e. The molecule has 0 aromatic carbocycles. The van der Waals surface area contributed by atoms with Crippen LogP contribution in [0.2, 0.25) is 0 Å². The molecule has 0 fully saturated rings. The predicted octanol–water partition coefficient (Wildman–Crippen LogP) is 5.55. The molecule has 0 spiro atoms. The van der Waals surface area contributed by atoms with Crippen LogP contribution < -0.4 is 10.6 Å². The Morgan fingerprint density at radius 1 is 0.837 bits per heavy atom. The fraction of sp³-hybridized carbons (Fsp3) is 0.844. The molecule has 3 amide bonds. The zero-order valence-corrected chi connectivity index (χ0v) is 29.4. The molecule has 3 atom stereocenters. The van der Waals surface area contributed by atoms with Gasteiger partial charge in [0.05, 0.1) is 4.75 Å². The van der Waals surface area contributed by atoms with E-state index in [1.54, 1.807) is 14.1 Å². The quantitative estimate of drug-likeness (QED) is 0.104. The summed E-state index contributed by atoms with van der Waals surface area (Å²) in [6.07, 6.45) is 10.1. The number of nitrogens with zero attached hydrogens (tertiary/aromatic N) is 1. The van der Waals surface area contributed by atoms with Crippen molar-refractivity contribution in [2.45, 2.75) is 122 Å². The molecule has 43 heavy (non-hydrogen) atoms. The Labute approximate surface area is 269 Å². The van der Waals surface area contributed by atoms with Gasteiger partial charge in [0.25, 0.3) is 0 Å². The molecule has 0 heterocycles. The molecule has 0 rings (SSSR count). The number of aliphatic carboxylic acids is 1. The third kappa shape index (κ3) is 20.8. The van der Waals surface area contributed by atoms with Crippen LogP contribution in [0, 0.1) is 11.8 Å². The number of carboxylic acids is 1. The van der Waals surface area contributed by atoms with E-state index < -0.39 is 16.6 Å². The van der Waals surface area contributed by atoms with E-state index in [-0.39, 0.29) is 41.9 Å². The Bertz CT molecular complexity index is 855. The molecule has 11 heteroatoms. The Kier molecular flexibility index (Phi) is 22.6. The van der Waals surface area contributed by atoms with Crippen molar-refractivity contribution in [1.82, 2.24) is 15.5 Å². The van der Waals surface area contributed by atoms with Gasteiger partial charge in [-0.1, -0.05) is 45.4 Å². The standard InChI is InChI=1S/C32H59N3O6S2/c1-24(2)34-30(40)25(3)22-27(31(41)35(6)7)23-32(5,26(4)36)43-20-17-28(37)33-18-21-42-19-15-13-11-9-8-10-12-14-16-29(38)39/h24-25,27H,8-23H2,1-7H3,(H,33,37)(H,34,40)(H,38,39). The highest BCUT2D eigenvalue weighted by Gasteiger charge is 2.38. The second-order valence-corrected chi connectivity index (χ2v) is 15.1. The number of rotatable bonds is 26. The van der Waals surface area contributed by atoms with E-state index in [0.717, 1.165) is 37.2 Å². The summed E-state index contributed by atoms with van der Waals surface area (Å²) in [4.78, 5) is 62.7. The van der Waals surface area contributed by atoms with E-state index in [1.807, 2.05) is 39.5 Å². The Balaban J connectivity index is 4.38. The molecule has 0 saturated heterocycles. The minimum absolute atomic E-state index is 0.0108. The normalized spacial score (nSPS) is 14.0. The fourth-order valence-corrected chi connectivity index (χ4v) is 6.85. The summed E-state index contributed by atoms with van der Waals surface area (Å²) >= 11 is 3.26. The van der Waals surface area contributed by atoms with Gasteiger partial charge in [-0.25, -0.2) is 0 Å². The van der Waals surface area contributed by atoms with E-state index in [2.05, 4.69) is 10.6 Å². The highest BCUT2D eigenvalue weighted by Crippen LogP contribution is 2.36. The van der Waals surface area contributed by atoms with Gasteiger partial charge in [-0.05, 0) is 59.1 Å². The van der Waals surface area contributed by atoms with Crippen molar-refractivity contribution in [3.63, 3.8) is 0 Å². The zero-order valence-electron chi connectivity index (χ0n) is 27.8. The van der Waals surface area contributed by atoms with Gasteiger partial charge in [0, 0.05) is 62.9 Å². The molecule has 0 bridgehead atoms. The zero-order chi connectivity index (χ0) is 32.8. The largest absolute Gasteiger partial charge is 0.481 e. The number of Topliss-reactive ketones (excluding diaryl/α,β-unsaturated/α-hetero) is 1. The lowest BCUT2D eigenvalue weighted by Gasteiger charge is -2.32. The third-order valence-corrected chi connectivity index (χ3v) is 10.0. The van der Waals surface area contributed by atoms with Crippen LogP contribution in [0.4, 0.5) is 0 Å². The van der Waals surface area contributed by atoms with Gasteiger partial charge in [0.1, 0.15) is 5.78 Å². The number of carbonyl (C=O) groups excluding carboxylic acids is 4. The SMILES string of the molecule is CC(=O)C(C)(CC(CC(C)C(=O)NC(C)C)C(=O)N(C)C)SCCC(=O)NCCSCCCCCCCCCCC(=O)O. The van der Waals surface area contributed by atoms with Crippen LogP contribution >= 0.6 is 23.5 Å². The number of nitrogens with one attached hydrogen (secondary N) is 2. The summed E-state index contributed by atoms with van der Waals surface area (Å²) in [7, 11) is 3.37. The van der Waals surface area contributed by atoms with Gasteiger partial charge in [0.15, 0.2) is 0 Å². The van der Waals surface area contributed by atoms with Gasteiger partial charge >= 0.3 is 5.97 Å². The van der Waals surface area contributed by atoms with Crippen molar-refractivity contribution in [3.05, 3.63) is 0 Å².